The summed E-state index contributed by atoms with van der Waals surface area (Å²) in [6, 6.07) is 4.06. The maximum atomic E-state index is 12.3. The molecule has 0 radical (unpaired) electrons. The molecular weight excluding hydrogens is 312 g/mol. The zero-order valence-electron chi connectivity index (χ0n) is 15.9. The van der Waals surface area contributed by atoms with Crippen LogP contribution in [-0.2, 0) is 9.59 Å². The van der Waals surface area contributed by atoms with Gasteiger partial charge < -0.3 is 5.32 Å². The van der Waals surface area contributed by atoms with Gasteiger partial charge in [0.15, 0.2) is 0 Å². The van der Waals surface area contributed by atoms with Crippen LogP contribution in [0.5, 0.6) is 0 Å². The number of benzene rings is 1. The second-order valence-electron chi connectivity index (χ2n) is 7.07. The van der Waals surface area contributed by atoms with E-state index in [0.717, 1.165) is 41.8 Å². The summed E-state index contributed by atoms with van der Waals surface area (Å²) >= 11 is 0. The largest absolute Gasteiger partial charge is 0.356 e. The molecule has 4 heteroatoms. The van der Waals surface area contributed by atoms with Crippen LogP contribution in [0, 0.1) is 25.7 Å². The number of carbonyl (C=O) groups is 2. The molecule has 25 heavy (non-hydrogen) atoms. The van der Waals surface area contributed by atoms with Gasteiger partial charge in [-0.25, -0.2) is 4.99 Å². The van der Waals surface area contributed by atoms with E-state index in [2.05, 4.69) is 37.1 Å². The second kappa shape index (κ2) is 8.93. The Morgan fingerprint density at radius 3 is 2.44 bits per heavy atom. The van der Waals surface area contributed by atoms with Crippen molar-refractivity contribution in [3.63, 3.8) is 0 Å². The summed E-state index contributed by atoms with van der Waals surface area (Å²) in [6.07, 6.45) is 6.48. The van der Waals surface area contributed by atoms with Crippen molar-refractivity contribution in [2.75, 3.05) is 6.54 Å². The first-order chi connectivity index (χ1) is 12.0. The van der Waals surface area contributed by atoms with Crippen LogP contribution >= 0.6 is 0 Å². The average molecular weight is 342 g/mol. The van der Waals surface area contributed by atoms with Gasteiger partial charge in [0.25, 0.3) is 5.91 Å². The maximum Gasteiger partial charge on any atom is 0.253 e. The number of carbonyl (C=O) groups excluding carboxylic acids is 2. The number of rotatable bonds is 8. The van der Waals surface area contributed by atoms with E-state index in [0.29, 0.717) is 13.0 Å². The lowest BCUT2D eigenvalue weighted by Gasteiger charge is -2.17. The van der Waals surface area contributed by atoms with Gasteiger partial charge in [0, 0.05) is 12.5 Å². The van der Waals surface area contributed by atoms with Gasteiger partial charge in [-0.2, -0.15) is 0 Å². The number of amides is 2. The highest BCUT2D eigenvalue weighted by atomic mass is 16.2. The molecule has 0 aromatic heterocycles. The second-order valence-corrected chi connectivity index (χ2v) is 7.07. The summed E-state index contributed by atoms with van der Waals surface area (Å²) in [5, 5.41) is 4.80. The van der Waals surface area contributed by atoms with Gasteiger partial charge in [0.1, 0.15) is 0 Å². The summed E-state index contributed by atoms with van der Waals surface area (Å²) in [6.45, 7) is 8.82. The highest BCUT2D eigenvalue weighted by Crippen LogP contribution is 2.14. The molecular formula is C21H30N2O2. The zero-order chi connectivity index (χ0) is 18.4. The first kappa shape index (κ1) is 19.4. The molecule has 1 atom stereocenters. The lowest BCUT2D eigenvalue weighted by atomic mass is 9.96. The Morgan fingerprint density at radius 1 is 1.16 bits per heavy atom. The van der Waals surface area contributed by atoms with E-state index >= 15 is 0 Å². The number of nitrogens with one attached hydrogen (secondary N) is 1. The minimum Gasteiger partial charge on any atom is -0.356 e. The van der Waals surface area contributed by atoms with Crippen molar-refractivity contribution in [2.24, 2.45) is 16.8 Å². The number of aryl methyl sites for hydroxylation is 2. The average Bonchev–Trinajstić information content (AvgIpc) is 2.57. The van der Waals surface area contributed by atoms with E-state index in [-0.39, 0.29) is 23.7 Å². The summed E-state index contributed by atoms with van der Waals surface area (Å²) < 4.78 is 0. The van der Waals surface area contributed by atoms with E-state index in [1.54, 1.807) is 0 Å². The molecule has 1 aromatic rings. The minimum atomic E-state index is -0.245. The van der Waals surface area contributed by atoms with Gasteiger partial charge in [-0.15, -0.1) is 0 Å². The third-order valence-corrected chi connectivity index (χ3v) is 4.97. The van der Waals surface area contributed by atoms with Crippen LogP contribution in [0.15, 0.2) is 17.1 Å². The van der Waals surface area contributed by atoms with E-state index in [1.807, 2.05) is 19.1 Å². The molecule has 0 saturated carbocycles. The number of nitrogens with zero attached hydrogens (tertiary/aromatic N) is 1. The minimum absolute atomic E-state index is 0.0945. The molecule has 0 aliphatic carbocycles. The molecule has 0 saturated heterocycles. The maximum absolute atomic E-state index is 12.3. The summed E-state index contributed by atoms with van der Waals surface area (Å²) in [5.41, 5.74) is 2.35. The van der Waals surface area contributed by atoms with Crippen molar-refractivity contribution in [3.8, 4) is 0 Å². The van der Waals surface area contributed by atoms with Crippen molar-refractivity contribution in [1.29, 1.82) is 0 Å². The molecule has 2 amide bonds. The van der Waals surface area contributed by atoms with E-state index in [4.69, 9.17) is 0 Å². The molecule has 4 nitrogen and oxygen atoms in total. The molecule has 0 fully saturated rings. The van der Waals surface area contributed by atoms with Crippen LogP contribution in [0.3, 0.4) is 0 Å². The van der Waals surface area contributed by atoms with E-state index in [9.17, 15) is 9.59 Å². The van der Waals surface area contributed by atoms with Gasteiger partial charge in [0.2, 0.25) is 5.91 Å². The van der Waals surface area contributed by atoms with Crippen molar-refractivity contribution in [1.82, 2.24) is 5.32 Å². The Balaban J connectivity index is 1.99. The van der Waals surface area contributed by atoms with Crippen molar-refractivity contribution >= 4 is 17.9 Å². The third-order valence-electron chi connectivity index (χ3n) is 4.97. The van der Waals surface area contributed by atoms with Crippen LogP contribution in [0.25, 0.3) is 6.08 Å². The molecule has 1 aromatic carbocycles. The quantitative estimate of drug-likeness (QED) is 0.789. The Labute approximate surface area is 150 Å². The predicted molar refractivity (Wildman–Crippen MR) is 101 cm³/mol. The zero-order valence-corrected chi connectivity index (χ0v) is 15.9. The lowest BCUT2D eigenvalue weighted by molar-refractivity contribution is -0.126. The number of fused-ring (bicyclic) bond motifs is 1. The standard InChI is InChI=1S/C21H30N2O2/c1-5-7-16(8-6-2)20(24)22-10-9-17-13-18-11-14(3)15(4)12-19(18)23-21(17)25/h11-13,16-17H,5-10H2,1-4H3,(H,22,24). The molecule has 1 heterocycles. The van der Waals surface area contributed by atoms with Crippen LogP contribution in [-0.4, -0.2) is 18.4 Å². The molecule has 0 bridgehead atoms. The first-order valence-corrected chi connectivity index (χ1v) is 9.45. The fourth-order valence-electron chi connectivity index (χ4n) is 3.35. The van der Waals surface area contributed by atoms with Crippen LogP contribution in [0.1, 0.15) is 57.1 Å². The number of hydrogen-bond donors (Lipinski definition) is 1. The SMILES string of the molecule is CCCC(CCC)C(=O)NCCC1C=c2cc(C)c(C)cc2=NC1=O. The highest BCUT2D eigenvalue weighted by molar-refractivity contribution is 5.86. The van der Waals surface area contributed by atoms with Crippen LogP contribution in [0.4, 0.5) is 0 Å². The van der Waals surface area contributed by atoms with Crippen molar-refractivity contribution < 1.29 is 9.59 Å². The first-order valence-electron chi connectivity index (χ1n) is 9.45. The van der Waals surface area contributed by atoms with Crippen molar-refractivity contribution in [3.05, 3.63) is 33.8 Å². The van der Waals surface area contributed by atoms with E-state index < -0.39 is 0 Å². The molecule has 0 spiro atoms. The summed E-state index contributed by atoms with van der Waals surface area (Å²) in [7, 11) is 0. The summed E-state index contributed by atoms with van der Waals surface area (Å²) in [5.74, 6) is -0.137. The fraction of sp³-hybridized carbons (Fsp3) is 0.571. The highest BCUT2D eigenvalue weighted by Gasteiger charge is 2.20. The molecule has 136 valence electrons. The topological polar surface area (TPSA) is 58.5 Å². The van der Waals surface area contributed by atoms with Gasteiger partial charge in [-0.05, 0) is 61.6 Å². The monoisotopic (exact) mass is 342 g/mol. The van der Waals surface area contributed by atoms with Crippen LogP contribution < -0.4 is 15.9 Å². The third kappa shape index (κ3) is 5.00. The Kier molecular flexibility index (Phi) is 6.91. The normalized spacial score (nSPS) is 16.2. The van der Waals surface area contributed by atoms with Crippen molar-refractivity contribution in [2.45, 2.75) is 59.8 Å². The van der Waals surface area contributed by atoms with Crippen LogP contribution in [0.2, 0.25) is 0 Å². The predicted octanol–water partition coefficient (Wildman–Crippen LogP) is 2.58. The Bertz CT molecular complexity index is 746. The lowest BCUT2D eigenvalue weighted by Crippen LogP contribution is -2.37. The van der Waals surface area contributed by atoms with Gasteiger partial charge in [-0.1, -0.05) is 32.8 Å². The smallest absolute Gasteiger partial charge is 0.253 e. The fourth-order valence-corrected chi connectivity index (χ4v) is 3.35. The van der Waals surface area contributed by atoms with E-state index in [1.165, 1.54) is 5.56 Å². The number of hydrogen-bond acceptors (Lipinski definition) is 2. The molecule has 1 aliphatic rings. The molecule has 1 N–H and O–H groups in total. The molecule has 2 rings (SSSR count). The molecule has 1 unspecified atom stereocenters. The van der Waals surface area contributed by atoms with Gasteiger partial charge >= 0.3 is 0 Å². The summed E-state index contributed by atoms with van der Waals surface area (Å²) in [4.78, 5) is 28.8. The molecule has 1 aliphatic heterocycles. The Hall–Kier alpha value is -1.97. The van der Waals surface area contributed by atoms with Gasteiger partial charge in [0.05, 0.1) is 11.3 Å². The van der Waals surface area contributed by atoms with Gasteiger partial charge in [-0.3, -0.25) is 9.59 Å². The Morgan fingerprint density at radius 2 is 1.80 bits per heavy atom.